The van der Waals surface area contributed by atoms with E-state index in [1.54, 1.807) is 0 Å². The molecule has 4 atom stereocenters. The first-order chi connectivity index (χ1) is 12.2. The molecule has 6 nitrogen and oxygen atoms in total. The summed E-state index contributed by atoms with van der Waals surface area (Å²) in [6, 6.07) is 2.16. The van der Waals surface area contributed by atoms with Gasteiger partial charge in [0.2, 0.25) is 0 Å². The van der Waals surface area contributed by atoms with Crippen LogP contribution >= 0.6 is 0 Å². The largest absolute Gasteiger partial charge is 0.338 e. The van der Waals surface area contributed by atoms with Gasteiger partial charge in [0, 0.05) is 44.5 Å². The first kappa shape index (κ1) is 20.7. The molecule has 1 aliphatic rings. The van der Waals surface area contributed by atoms with Crippen LogP contribution in [-0.2, 0) is 6.54 Å². The van der Waals surface area contributed by atoms with E-state index in [1.807, 2.05) is 11.6 Å². The molecule has 2 rings (SSSR count). The zero-order valence-corrected chi connectivity index (χ0v) is 17.4. The molecule has 0 spiro atoms. The molecule has 1 aromatic heterocycles. The third-order valence-electron chi connectivity index (χ3n) is 5.05. The molecule has 1 aliphatic heterocycles. The molecule has 0 aliphatic carbocycles. The van der Waals surface area contributed by atoms with Gasteiger partial charge in [-0.1, -0.05) is 20.8 Å². The van der Waals surface area contributed by atoms with E-state index in [1.165, 1.54) is 6.42 Å². The Hall–Kier alpha value is -1.56. The van der Waals surface area contributed by atoms with Crippen LogP contribution < -0.4 is 10.6 Å². The maximum Gasteiger partial charge on any atom is 0.315 e. The second kappa shape index (κ2) is 9.40. The number of nitrogens with one attached hydrogen (secondary N) is 2. The minimum Gasteiger partial charge on any atom is -0.338 e. The molecule has 0 aromatic carbocycles. The molecule has 1 aromatic rings. The summed E-state index contributed by atoms with van der Waals surface area (Å²) < 4.78 is 2.01. The highest BCUT2D eigenvalue weighted by atomic mass is 16.2. The van der Waals surface area contributed by atoms with E-state index in [9.17, 15) is 4.79 Å². The third-order valence-corrected chi connectivity index (χ3v) is 5.05. The Morgan fingerprint density at radius 2 is 1.88 bits per heavy atom. The van der Waals surface area contributed by atoms with Crippen molar-refractivity contribution < 1.29 is 4.79 Å². The summed E-state index contributed by atoms with van der Waals surface area (Å²) in [5, 5.41) is 10.6. The van der Waals surface area contributed by atoms with E-state index in [4.69, 9.17) is 0 Å². The molecule has 148 valence electrons. The van der Waals surface area contributed by atoms with Gasteiger partial charge in [-0.05, 0) is 51.0 Å². The smallest absolute Gasteiger partial charge is 0.315 e. The van der Waals surface area contributed by atoms with Gasteiger partial charge < -0.3 is 15.5 Å². The first-order valence-corrected chi connectivity index (χ1v) is 10.0. The van der Waals surface area contributed by atoms with E-state index in [2.05, 4.69) is 61.3 Å². The van der Waals surface area contributed by atoms with E-state index >= 15 is 0 Å². The molecule has 1 saturated heterocycles. The second-order valence-electron chi connectivity index (χ2n) is 8.63. The normalized spacial score (nSPS) is 23.5. The van der Waals surface area contributed by atoms with Gasteiger partial charge in [-0.25, -0.2) is 4.79 Å². The van der Waals surface area contributed by atoms with E-state index in [-0.39, 0.29) is 12.1 Å². The molecule has 26 heavy (non-hydrogen) atoms. The molecule has 2 amide bonds. The van der Waals surface area contributed by atoms with Crippen molar-refractivity contribution in [3.63, 3.8) is 0 Å². The van der Waals surface area contributed by atoms with Crippen molar-refractivity contribution in [2.45, 2.75) is 60.5 Å². The number of likely N-dealkylation sites (tertiary alicyclic amines) is 1. The number of urea groups is 1. The van der Waals surface area contributed by atoms with Crippen LogP contribution in [0.2, 0.25) is 0 Å². The summed E-state index contributed by atoms with van der Waals surface area (Å²) in [4.78, 5) is 14.7. The number of nitrogens with zero attached hydrogens (tertiary/aromatic N) is 3. The van der Waals surface area contributed by atoms with Gasteiger partial charge in [-0.15, -0.1) is 0 Å². The van der Waals surface area contributed by atoms with Crippen LogP contribution in [0.15, 0.2) is 6.07 Å². The van der Waals surface area contributed by atoms with E-state index in [0.29, 0.717) is 12.5 Å². The lowest BCUT2D eigenvalue weighted by Gasteiger charge is -2.36. The Morgan fingerprint density at radius 3 is 2.46 bits per heavy atom. The van der Waals surface area contributed by atoms with Crippen LogP contribution in [-0.4, -0.2) is 52.9 Å². The second-order valence-corrected chi connectivity index (χ2v) is 8.63. The summed E-state index contributed by atoms with van der Waals surface area (Å²) in [5.74, 6) is 1.82. The molecule has 6 heteroatoms. The number of carbonyl (C=O) groups is 1. The van der Waals surface area contributed by atoms with Gasteiger partial charge in [-0.2, -0.15) is 5.10 Å². The predicted molar refractivity (Wildman–Crippen MR) is 106 cm³/mol. The van der Waals surface area contributed by atoms with Crippen LogP contribution in [0.5, 0.6) is 0 Å². The molecule has 2 heterocycles. The minimum atomic E-state index is -0.0733. The number of piperidine rings is 1. The van der Waals surface area contributed by atoms with Crippen molar-refractivity contribution in [1.29, 1.82) is 0 Å². The maximum absolute atomic E-state index is 12.2. The first-order valence-electron chi connectivity index (χ1n) is 10.0. The van der Waals surface area contributed by atoms with Gasteiger partial charge >= 0.3 is 6.03 Å². The number of carbonyl (C=O) groups excluding carboxylic acids is 1. The van der Waals surface area contributed by atoms with Gasteiger partial charge in [0.1, 0.15) is 0 Å². The molecular weight excluding hydrogens is 326 g/mol. The molecular formula is C20H37N5O. The SMILES string of the molecule is Cc1cc(C)n(CC(C)CNC(=O)NC(C)CN2CC(C)CC(C)C2)n1. The van der Waals surface area contributed by atoms with Gasteiger partial charge in [-0.3, -0.25) is 4.68 Å². The fraction of sp³-hybridized carbons (Fsp3) is 0.800. The molecule has 4 unspecified atom stereocenters. The van der Waals surface area contributed by atoms with Crippen LogP contribution in [0.4, 0.5) is 4.79 Å². The molecule has 1 fully saturated rings. The average Bonchev–Trinajstić information content (AvgIpc) is 2.81. The van der Waals surface area contributed by atoms with Crippen LogP contribution in [0.25, 0.3) is 0 Å². The number of amides is 2. The van der Waals surface area contributed by atoms with E-state index in [0.717, 1.165) is 49.4 Å². The Bertz CT molecular complexity index is 575. The topological polar surface area (TPSA) is 62.2 Å². The number of rotatable bonds is 7. The van der Waals surface area contributed by atoms with Crippen LogP contribution in [0.3, 0.4) is 0 Å². The fourth-order valence-corrected chi connectivity index (χ4v) is 4.14. The standard InChI is InChI=1S/C20H37N5O/c1-14-7-15(2)11-24(10-14)13-18(5)22-20(26)21-9-16(3)12-25-19(6)8-17(4)23-25/h8,14-16,18H,7,9-13H2,1-6H3,(H2,21,22,26). The molecule has 2 N–H and O–H groups in total. The summed E-state index contributed by atoms with van der Waals surface area (Å²) in [6.45, 7) is 17.6. The van der Waals surface area contributed by atoms with Crippen molar-refractivity contribution in [2.24, 2.45) is 17.8 Å². The van der Waals surface area contributed by atoms with Crippen molar-refractivity contribution in [1.82, 2.24) is 25.3 Å². The Morgan fingerprint density at radius 1 is 1.23 bits per heavy atom. The van der Waals surface area contributed by atoms with Gasteiger partial charge in [0.15, 0.2) is 0 Å². The predicted octanol–water partition coefficient (Wildman–Crippen LogP) is 2.80. The van der Waals surface area contributed by atoms with Crippen molar-refractivity contribution in [3.05, 3.63) is 17.5 Å². The number of aromatic nitrogens is 2. The Kier molecular flexibility index (Phi) is 7.50. The highest BCUT2D eigenvalue weighted by molar-refractivity contribution is 5.74. The Labute approximate surface area is 158 Å². The highest BCUT2D eigenvalue weighted by Crippen LogP contribution is 2.20. The summed E-state index contributed by atoms with van der Waals surface area (Å²) in [7, 11) is 0. The highest BCUT2D eigenvalue weighted by Gasteiger charge is 2.23. The third kappa shape index (κ3) is 6.63. The molecule has 0 bridgehead atoms. The van der Waals surface area contributed by atoms with Crippen molar-refractivity contribution in [3.8, 4) is 0 Å². The molecule has 0 radical (unpaired) electrons. The average molecular weight is 364 g/mol. The summed E-state index contributed by atoms with van der Waals surface area (Å²) in [6.07, 6.45) is 1.31. The lowest BCUT2D eigenvalue weighted by atomic mass is 9.92. The van der Waals surface area contributed by atoms with Crippen molar-refractivity contribution in [2.75, 3.05) is 26.2 Å². The van der Waals surface area contributed by atoms with E-state index < -0.39 is 0 Å². The number of hydrogen-bond donors (Lipinski definition) is 2. The quantitative estimate of drug-likeness (QED) is 0.783. The Balaban J connectivity index is 1.68. The zero-order valence-electron chi connectivity index (χ0n) is 17.4. The summed E-state index contributed by atoms with van der Waals surface area (Å²) >= 11 is 0. The van der Waals surface area contributed by atoms with Crippen molar-refractivity contribution >= 4 is 6.03 Å². The number of hydrogen-bond acceptors (Lipinski definition) is 3. The fourth-order valence-electron chi connectivity index (χ4n) is 4.14. The van der Waals surface area contributed by atoms with Crippen LogP contribution in [0.1, 0.15) is 45.5 Å². The zero-order chi connectivity index (χ0) is 19.3. The lowest BCUT2D eigenvalue weighted by Crippen LogP contribution is -2.49. The monoisotopic (exact) mass is 363 g/mol. The maximum atomic E-state index is 12.2. The lowest BCUT2D eigenvalue weighted by molar-refractivity contribution is 0.131. The van der Waals surface area contributed by atoms with Gasteiger partial charge in [0.05, 0.1) is 5.69 Å². The molecule has 0 saturated carbocycles. The minimum absolute atomic E-state index is 0.0733. The number of aryl methyl sites for hydroxylation is 2. The van der Waals surface area contributed by atoms with Gasteiger partial charge in [0.25, 0.3) is 0 Å². The van der Waals surface area contributed by atoms with Crippen LogP contribution in [0, 0.1) is 31.6 Å². The summed E-state index contributed by atoms with van der Waals surface area (Å²) in [5.41, 5.74) is 2.20.